The Kier molecular flexibility index (Phi) is 50.2. The number of phosphoric ester groups is 1. The van der Waals surface area contributed by atoms with Crippen LogP contribution in [0.3, 0.4) is 0 Å². The van der Waals surface area contributed by atoms with Crippen molar-refractivity contribution in [1.29, 1.82) is 0 Å². The summed E-state index contributed by atoms with van der Waals surface area (Å²) in [5.41, 5.74) is 5.37. The van der Waals surface area contributed by atoms with E-state index in [2.05, 4.69) is 26.0 Å². The molecule has 11 nitrogen and oxygen atoms in total. The number of unbranched alkanes of at least 4 members (excludes halogenated alkanes) is 39. The number of hydrogen-bond donors (Lipinski definition) is 3. The van der Waals surface area contributed by atoms with Crippen LogP contribution in [-0.4, -0.2) is 59.9 Å². The molecular weight excluding hydrogens is 878 g/mol. The van der Waals surface area contributed by atoms with Gasteiger partial charge in [0.25, 0.3) is 0 Å². The highest BCUT2D eigenvalue weighted by molar-refractivity contribution is 7.47. The van der Waals surface area contributed by atoms with Crippen LogP contribution in [0, 0.1) is 0 Å². The summed E-state index contributed by atoms with van der Waals surface area (Å²) in [5, 5.41) is 8.94. The largest absolute Gasteiger partial charge is 0.480 e. The third-order valence-electron chi connectivity index (χ3n) is 13.0. The van der Waals surface area contributed by atoms with Crippen molar-refractivity contribution in [3.63, 3.8) is 0 Å². The average Bonchev–Trinajstić information content (AvgIpc) is 3.32. The molecule has 4 N–H and O–H groups in total. The quantitative estimate of drug-likeness (QED) is 0.0229. The molecule has 0 amide bonds. The summed E-state index contributed by atoms with van der Waals surface area (Å²) in [7, 11) is -4.72. The van der Waals surface area contributed by atoms with Crippen LogP contribution in [0.25, 0.3) is 0 Å². The molecule has 0 saturated carbocycles. The molecule has 0 saturated heterocycles. The van der Waals surface area contributed by atoms with Gasteiger partial charge in [-0.3, -0.25) is 23.4 Å². The van der Waals surface area contributed by atoms with E-state index in [0.717, 1.165) is 38.5 Å². The van der Waals surface area contributed by atoms with Crippen molar-refractivity contribution in [3.05, 3.63) is 12.2 Å². The fourth-order valence-corrected chi connectivity index (χ4v) is 9.31. The molecule has 0 bridgehead atoms. The molecule has 0 radical (unpaired) electrons. The number of aliphatic carboxylic acids is 1. The zero-order chi connectivity index (χ0) is 49.9. The Morgan fingerprint density at radius 2 is 0.735 bits per heavy atom. The molecule has 0 aromatic carbocycles. The molecule has 0 fully saturated rings. The molecule has 402 valence electrons. The maximum atomic E-state index is 12.7. The van der Waals surface area contributed by atoms with E-state index in [4.69, 9.17) is 29.4 Å². The molecule has 0 rings (SSSR count). The van der Waals surface area contributed by atoms with Gasteiger partial charge in [0.15, 0.2) is 6.10 Å². The number of nitrogens with two attached hydrogens (primary N) is 1. The Labute approximate surface area is 418 Å². The molecule has 0 aromatic rings. The molecule has 68 heavy (non-hydrogen) atoms. The maximum absolute atomic E-state index is 12.7. The summed E-state index contributed by atoms with van der Waals surface area (Å²) >= 11 is 0. The third kappa shape index (κ3) is 50.6. The van der Waals surface area contributed by atoms with Gasteiger partial charge in [0.1, 0.15) is 12.6 Å². The van der Waals surface area contributed by atoms with Crippen LogP contribution >= 0.6 is 7.82 Å². The second kappa shape index (κ2) is 51.6. The van der Waals surface area contributed by atoms with Crippen LogP contribution in [0.2, 0.25) is 0 Å². The lowest BCUT2D eigenvalue weighted by atomic mass is 10.0. The van der Waals surface area contributed by atoms with Crippen LogP contribution in [0.4, 0.5) is 0 Å². The summed E-state index contributed by atoms with van der Waals surface area (Å²) in [5.74, 6) is -2.35. The topological polar surface area (TPSA) is 172 Å². The van der Waals surface area contributed by atoms with Crippen molar-refractivity contribution in [2.45, 2.75) is 309 Å². The summed E-state index contributed by atoms with van der Waals surface area (Å²) in [6, 6.07) is -1.52. The number of rotatable bonds is 55. The van der Waals surface area contributed by atoms with Gasteiger partial charge in [0, 0.05) is 12.8 Å². The van der Waals surface area contributed by atoms with Gasteiger partial charge in [-0.25, -0.2) is 4.57 Å². The Morgan fingerprint density at radius 1 is 0.441 bits per heavy atom. The van der Waals surface area contributed by atoms with Crippen LogP contribution in [-0.2, 0) is 37.5 Å². The molecule has 0 aliphatic heterocycles. The number of esters is 2. The van der Waals surface area contributed by atoms with Crippen molar-refractivity contribution >= 4 is 25.7 Å². The third-order valence-corrected chi connectivity index (χ3v) is 14.0. The lowest BCUT2D eigenvalue weighted by Gasteiger charge is -2.20. The second-order valence-corrected chi connectivity index (χ2v) is 21.2. The first kappa shape index (κ1) is 66.2. The first-order valence-electron chi connectivity index (χ1n) is 28.7. The lowest BCUT2D eigenvalue weighted by Crippen LogP contribution is -2.34. The highest BCUT2D eigenvalue weighted by atomic mass is 31.2. The van der Waals surface area contributed by atoms with E-state index in [9.17, 15) is 23.8 Å². The van der Waals surface area contributed by atoms with Crippen molar-refractivity contribution in [2.24, 2.45) is 5.73 Å². The van der Waals surface area contributed by atoms with Crippen molar-refractivity contribution in [1.82, 2.24) is 0 Å². The second-order valence-electron chi connectivity index (χ2n) is 19.8. The number of ether oxygens (including phenoxy) is 2. The summed E-state index contributed by atoms with van der Waals surface area (Å²) in [4.78, 5) is 46.3. The van der Waals surface area contributed by atoms with Gasteiger partial charge in [-0.05, 0) is 38.5 Å². The van der Waals surface area contributed by atoms with Gasteiger partial charge in [-0.1, -0.05) is 257 Å². The van der Waals surface area contributed by atoms with Gasteiger partial charge in [0.05, 0.1) is 13.2 Å². The van der Waals surface area contributed by atoms with Gasteiger partial charge in [0.2, 0.25) is 0 Å². The molecular formula is C56H108NO10P. The number of carbonyl (C=O) groups excluding carboxylic acids is 2. The SMILES string of the molecule is CCCCCCCCCC/C=C\CCCCCCCCCCCCCC(=O)OC(COC(=O)CCCCCCCCCCCCCCCCCCCCCCC)COP(=O)(O)OCC(N)C(=O)O. The predicted molar refractivity (Wildman–Crippen MR) is 282 cm³/mol. The molecule has 0 heterocycles. The monoisotopic (exact) mass is 986 g/mol. The van der Waals surface area contributed by atoms with Crippen LogP contribution in [0.15, 0.2) is 12.2 Å². The molecule has 0 aliphatic carbocycles. The predicted octanol–water partition coefficient (Wildman–Crippen LogP) is 16.7. The van der Waals surface area contributed by atoms with Crippen LogP contribution < -0.4 is 5.73 Å². The number of hydrogen-bond acceptors (Lipinski definition) is 9. The fraction of sp³-hybridized carbons (Fsp3) is 0.911. The highest BCUT2D eigenvalue weighted by Gasteiger charge is 2.28. The molecule has 12 heteroatoms. The minimum absolute atomic E-state index is 0.166. The molecule has 0 aliphatic rings. The Bertz CT molecular complexity index is 1200. The number of carbonyl (C=O) groups is 3. The fourth-order valence-electron chi connectivity index (χ4n) is 8.54. The first-order chi connectivity index (χ1) is 33.1. The first-order valence-corrected chi connectivity index (χ1v) is 30.2. The normalized spacial score (nSPS) is 13.5. The average molecular weight is 986 g/mol. The lowest BCUT2D eigenvalue weighted by molar-refractivity contribution is -0.161. The molecule has 0 spiro atoms. The van der Waals surface area contributed by atoms with E-state index in [0.29, 0.717) is 12.8 Å². The van der Waals surface area contributed by atoms with E-state index >= 15 is 0 Å². The Hall–Kier alpha value is -1.78. The van der Waals surface area contributed by atoms with Crippen molar-refractivity contribution in [3.8, 4) is 0 Å². The Balaban J connectivity index is 4.13. The number of carboxylic acid groups (broad SMARTS) is 1. The highest BCUT2D eigenvalue weighted by Crippen LogP contribution is 2.43. The van der Waals surface area contributed by atoms with E-state index in [-0.39, 0.29) is 19.4 Å². The summed E-state index contributed by atoms with van der Waals surface area (Å²) in [6.07, 6.45) is 57.1. The Morgan fingerprint density at radius 3 is 1.07 bits per heavy atom. The number of carboxylic acids is 1. The summed E-state index contributed by atoms with van der Waals surface area (Å²) in [6.45, 7) is 2.88. The van der Waals surface area contributed by atoms with Crippen molar-refractivity contribution < 1.29 is 47.5 Å². The minimum atomic E-state index is -4.72. The number of allylic oxidation sites excluding steroid dienone is 2. The van der Waals surface area contributed by atoms with Gasteiger partial charge >= 0.3 is 25.7 Å². The van der Waals surface area contributed by atoms with E-state index in [1.807, 2.05) is 0 Å². The van der Waals surface area contributed by atoms with Crippen LogP contribution in [0.1, 0.15) is 296 Å². The van der Waals surface area contributed by atoms with E-state index < -0.39 is 51.1 Å². The van der Waals surface area contributed by atoms with Crippen LogP contribution in [0.5, 0.6) is 0 Å². The molecule has 3 unspecified atom stereocenters. The van der Waals surface area contributed by atoms with Gasteiger partial charge in [-0.15, -0.1) is 0 Å². The zero-order valence-corrected chi connectivity index (χ0v) is 45.1. The zero-order valence-electron chi connectivity index (χ0n) is 44.2. The van der Waals surface area contributed by atoms with E-state index in [1.54, 1.807) is 0 Å². The molecule has 3 atom stereocenters. The van der Waals surface area contributed by atoms with Crippen molar-refractivity contribution in [2.75, 3.05) is 19.8 Å². The molecule has 0 aromatic heterocycles. The number of phosphoric acid groups is 1. The van der Waals surface area contributed by atoms with Gasteiger partial charge < -0.3 is 25.2 Å². The smallest absolute Gasteiger partial charge is 0.472 e. The standard InChI is InChI=1S/C56H108NO10P/c1-3-5-7-9-11-13-15-17-19-21-23-25-26-28-30-32-34-36-38-40-42-44-46-48-55(59)67-52(50-65-68(62,63)66-51-53(57)56(60)61)49-64-54(58)47-45-43-41-39-37-35-33-31-29-27-24-22-20-18-16-14-12-10-8-6-4-2/h21,23,52-53H,3-20,22,24-51,57H2,1-2H3,(H,60,61)(H,62,63)/b23-21-. The van der Waals surface area contributed by atoms with E-state index in [1.165, 1.54) is 218 Å². The maximum Gasteiger partial charge on any atom is 0.472 e. The van der Waals surface area contributed by atoms with Gasteiger partial charge in [-0.2, -0.15) is 0 Å². The summed E-state index contributed by atoms with van der Waals surface area (Å²) < 4.78 is 33.0. The minimum Gasteiger partial charge on any atom is -0.480 e.